The van der Waals surface area contributed by atoms with Crippen LogP contribution < -0.4 is 5.32 Å². The SMILES string of the molecule is CCCC(C)Nc1cc(C(F)(F)F)ccn1. The quantitative estimate of drug-likeness (QED) is 0.856. The van der Waals surface area contributed by atoms with Gasteiger partial charge in [0.2, 0.25) is 0 Å². The van der Waals surface area contributed by atoms with Crippen LogP contribution in [0.4, 0.5) is 19.0 Å². The van der Waals surface area contributed by atoms with Gasteiger partial charge in [-0.2, -0.15) is 13.2 Å². The van der Waals surface area contributed by atoms with Gasteiger partial charge >= 0.3 is 6.18 Å². The molecule has 90 valence electrons. The Balaban J connectivity index is 2.75. The molecular weight excluding hydrogens is 217 g/mol. The molecule has 0 fully saturated rings. The first-order chi connectivity index (χ1) is 7.43. The van der Waals surface area contributed by atoms with Gasteiger partial charge in [0.05, 0.1) is 5.56 Å². The predicted octanol–water partition coefficient (Wildman–Crippen LogP) is 3.70. The third kappa shape index (κ3) is 3.72. The van der Waals surface area contributed by atoms with E-state index in [2.05, 4.69) is 10.3 Å². The van der Waals surface area contributed by atoms with Crippen molar-refractivity contribution in [1.82, 2.24) is 4.98 Å². The number of hydrogen-bond acceptors (Lipinski definition) is 2. The summed E-state index contributed by atoms with van der Waals surface area (Å²) in [6.45, 7) is 3.95. The van der Waals surface area contributed by atoms with Crippen LogP contribution in [0, 0.1) is 0 Å². The zero-order valence-corrected chi connectivity index (χ0v) is 9.30. The number of halogens is 3. The van der Waals surface area contributed by atoms with Crippen LogP contribution in [0.15, 0.2) is 18.3 Å². The first-order valence-electron chi connectivity index (χ1n) is 5.23. The molecule has 1 rings (SSSR count). The van der Waals surface area contributed by atoms with Gasteiger partial charge in [-0.3, -0.25) is 0 Å². The van der Waals surface area contributed by atoms with Crippen LogP contribution in [0.2, 0.25) is 0 Å². The number of nitrogens with one attached hydrogen (secondary N) is 1. The van der Waals surface area contributed by atoms with Crippen molar-refractivity contribution in [2.45, 2.75) is 38.9 Å². The van der Waals surface area contributed by atoms with Gasteiger partial charge in [0.15, 0.2) is 0 Å². The Morgan fingerprint density at radius 3 is 2.69 bits per heavy atom. The summed E-state index contributed by atoms with van der Waals surface area (Å²) >= 11 is 0. The molecule has 1 atom stereocenters. The molecule has 16 heavy (non-hydrogen) atoms. The largest absolute Gasteiger partial charge is 0.416 e. The minimum Gasteiger partial charge on any atom is -0.368 e. The Morgan fingerprint density at radius 2 is 2.12 bits per heavy atom. The fourth-order valence-electron chi connectivity index (χ4n) is 1.44. The number of rotatable bonds is 4. The molecule has 0 aliphatic carbocycles. The summed E-state index contributed by atoms with van der Waals surface area (Å²) in [6, 6.07) is 2.13. The molecule has 2 nitrogen and oxygen atoms in total. The lowest BCUT2D eigenvalue weighted by atomic mass is 10.2. The average molecular weight is 232 g/mol. The van der Waals surface area contributed by atoms with E-state index in [0.29, 0.717) is 0 Å². The number of aromatic nitrogens is 1. The highest BCUT2D eigenvalue weighted by Gasteiger charge is 2.30. The Hall–Kier alpha value is -1.26. The normalized spacial score (nSPS) is 13.6. The van der Waals surface area contributed by atoms with E-state index in [0.717, 1.165) is 25.0 Å². The summed E-state index contributed by atoms with van der Waals surface area (Å²) in [5.74, 6) is 0.274. The molecule has 0 bridgehead atoms. The third-order valence-electron chi connectivity index (χ3n) is 2.20. The van der Waals surface area contributed by atoms with Crippen LogP contribution >= 0.6 is 0 Å². The highest BCUT2D eigenvalue weighted by molar-refractivity contribution is 5.39. The molecular formula is C11H15F3N2. The summed E-state index contributed by atoms with van der Waals surface area (Å²) in [5, 5.41) is 2.94. The predicted molar refractivity (Wildman–Crippen MR) is 57.2 cm³/mol. The zero-order chi connectivity index (χ0) is 12.2. The van der Waals surface area contributed by atoms with Crippen molar-refractivity contribution in [2.75, 3.05) is 5.32 Å². The van der Waals surface area contributed by atoms with Gasteiger partial charge < -0.3 is 5.32 Å². The van der Waals surface area contributed by atoms with Crippen molar-refractivity contribution in [3.63, 3.8) is 0 Å². The van der Waals surface area contributed by atoms with Gasteiger partial charge in [-0.15, -0.1) is 0 Å². The molecule has 1 aromatic heterocycles. The van der Waals surface area contributed by atoms with Crippen molar-refractivity contribution in [3.8, 4) is 0 Å². The van der Waals surface area contributed by atoms with E-state index in [-0.39, 0.29) is 11.9 Å². The lowest BCUT2D eigenvalue weighted by Crippen LogP contribution is -2.16. The average Bonchev–Trinajstić information content (AvgIpc) is 2.17. The zero-order valence-electron chi connectivity index (χ0n) is 9.30. The minimum atomic E-state index is -4.31. The highest BCUT2D eigenvalue weighted by atomic mass is 19.4. The lowest BCUT2D eigenvalue weighted by Gasteiger charge is -2.14. The smallest absolute Gasteiger partial charge is 0.368 e. The molecule has 1 heterocycles. The monoisotopic (exact) mass is 232 g/mol. The number of anilines is 1. The first kappa shape index (κ1) is 12.8. The third-order valence-corrected chi connectivity index (χ3v) is 2.20. The van der Waals surface area contributed by atoms with E-state index in [1.807, 2.05) is 13.8 Å². The maximum Gasteiger partial charge on any atom is 0.416 e. The van der Waals surface area contributed by atoms with E-state index in [1.165, 1.54) is 6.20 Å². The molecule has 0 amide bonds. The maximum absolute atomic E-state index is 12.4. The summed E-state index contributed by atoms with van der Waals surface area (Å²) in [4.78, 5) is 3.86. The molecule has 1 aromatic rings. The van der Waals surface area contributed by atoms with Gasteiger partial charge in [0, 0.05) is 12.2 Å². The molecule has 0 saturated heterocycles. The summed E-state index contributed by atoms with van der Waals surface area (Å²) in [6.07, 6.45) is -1.26. The fourth-order valence-corrected chi connectivity index (χ4v) is 1.44. The highest BCUT2D eigenvalue weighted by Crippen LogP contribution is 2.30. The van der Waals surface area contributed by atoms with E-state index in [4.69, 9.17) is 0 Å². The van der Waals surface area contributed by atoms with Gasteiger partial charge in [-0.05, 0) is 25.5 Å². The van der Waals surface area contributed by atoms with Crippen LogP contribution in [-0.4, -0.2) is 11.0 Å². The van der Waals surface area contributed by atoms with E-state index in [1.54, 1.807) is 0 Å². The van der Waals surface area contributed by atoms with Crippen LogP contribution in [0.3, 0.4) is 0 Å². The Labute approximate surface area is 92.9 Å². The fraction of sp³-hybridized carbons (Fsp3) is 0.545. The van der Waals surface area contributed by atoms with Crippen molar-refractivity contribution < 1.29 is 13.2 Å². The van der Waals surface area contributed by atoms with E-state index >= 15 is 0 Å². The minimum absolute atomic E-state index is 0.126. The Morgan fingerprint density at radius 1 is 1.44 bits per heavy atom. The van der Waals surface area contributed by atoms with Gasteiger partial charge in [-0.25, -0.2) is 4.98 Å². The van der Waals surface area contributed by atoms with Crippen LogP contribution in [-0.2, 0) is 6.18 Å². The standard InChI is InChI=1S/C11H15F3N2/c1-3-4-8(2)16-10-7-9(5-6-15-10)11(12,13)14/h5-8H,3-4H2,1-2H3,(H,15,16). The van der Waals surface area contributed by atoms with Gasteiger partial charge in [-0.1, -0.05) is 13.3 Å². The van der Waals surface area contributed by atoms with Crippen LogP contribution in [0.25, 0.3) is 0 Å². The number of pyridine rings is 1. The summed E-state index contributed by atoms with van der Waals surface area (Å²) in [7, 11) is 0. The van der Waals surface area contributed by atoms with Crippen molar-refractivity contribution in [2.24, 2.45) is 0 Å². The first-order valence-corrected chi connectivity index (χ1v) is 5.23. The number of alkyl halides is 3. The molecule has 0 radical (unpaired) electrons. The Kier molecular flexibility index (Phi) is 4.15. The van der Waals surface area contributed by atoms with Crippen molar-refractivity contribution in [1.29, 1.82) is 0 Å². The summed E-state index contributed by atoms with van der Waals surface area (Å²) in [5.41, 5.74) is -0.673. The molecule has 0 aliphatic rings. The molecule has 0 saturated carbocycles. The second-order valence-electron chi connectivity index (χ2n) is 3.76. The van der Waals surface area contributed by atoms with Crippen LogP contribution in [0.1, 0.15) is 32.3 Å². The number of nitrogens with zero attached hydrogens (tertiary/aromatic N) is 1. The van der Waals surface area contributed by atoms with Gasteiger partial charge in [0.25, 0.3) is 0 Å². The second-order valence-corrected chi connectivity index (χ2v) is 3.76. The molecule has 0 spiro atoms. The second kappa shape index (κ2) is 5.18. The lowest BCUT2D eigenvalue weighted by molar-refractivity contribution is -0.137. The maximum atomic E-state index is 12.4. The Bertz CT molecular complexity index is 336. The topological polar surface area (TPSA) is 24.9 Å². The van der Waals surface area contributed by atoms with Crippen LogP contribution in [0.5, 0.6) is 0 Å². The van der Waals surface area contributed by atoms with E-state index < -0.39 is 11.7 Å². The number of hydrogen-bond donors (Lipinski definition) is 1. The van der Waals surface area contributed by atoms with Crippen molar-refractivity contribution in [3.05, 3.63) is 23.9 Å². The molecule has 1 N–H and O–H groups in total. The van der Waals surface area contributed by atoms with Crippen molar-refractivity contribution >= 4 is 5.82 Å². The summed E-state index contributed by atoms with van der Waals surface area (Å²) < 4.78 is 37.2. The van der Waals surface area contributed by atoms with E-state index in [9.17, 15) is 13.2 Å². The molecule has 0 aliphatic heterocycles. The van der Waals surface area contributed by atoms with Gasteiger partial charge in [0.1, 0.15) is 5.82 Å². The molecule has 5 heteroatoms. The molecule has 0 aromatic carbocycles. The molecule has 1 unspecified atom stereocenters.